The van der Waals surface area contributed by atoms with Gasteiger partial charge in [-0.05, 0) is 48.9 Å². The van der Waals surface area contributed by atoms with Crippen molar-refractivity contribution in [3.05, 3.63) is 97.9 Å². The number of ether oxygens (including phenoxy) is 1. The maximum absolute atomic E-state index is 6.24. The van der Waals surface area contributed by atoms with Crippen molar-refractivity contribution < 1.29 is 4.74 Å². The highest BCUT2D eigenvalue weighted by molar-refractivity contribution is 9.10. The summed E-state index contributed by atoms with van der Waals surface area (Å²) < 4.78 is 7.04. The zero-order valence-corrected chi connectivity index (χ0v) is 17.8. The second-order valence-corrected chi connectivity index (χ2v) is 7.88. The number of hydrogen-bond acceptors (Lipinski definition) is 2. The molecule has 0 fully saturated rings. The lowest BCUT2D eigenvalue weighted by atomic mass is 10.1. The molecule has 0 aliphatic heterocycles. The molecule has 0 saturated heterocycles. The van der Waals surface area contributed by atoms with Crippen LogP contribution in [0.15, 0.2) is 71.2 Å². The van der Waals surface area contributed by atoms with Crippen LogP contribution in [0.4, 0.5) is 0 Å². The molecule has 1 N–H and O–H groups in total. The Morgan fingerprint density at radius 2 is 1.63 bits per heavy atom. The molecular weight excluding hydrogens is 445 g/mol. The predicted octanol–water partition coefficient (Wildman–Crippen LogP) is 6.67. The Balaban J connectivity index is 1.61. The molecule has 0 bridgehead atoms. The second-order valence-electron chi connectivity index (χ2n) is 6.15. The van der Waals surface area contributed by atoms with Crippen LogP contribution in [0.1, 0.15) is 16.7 Å². The van der Waals surface area contributed by atoms with Crippen LogP contribution in [0.25, 0.3) is 0 Å². The second kappa shape index (κ2) is 10.1. The first kappa shape index (κ1) is 20.2. The Labute approximate surface area is 178 Å². The van der Waals surface area contributed by atoms with E-state index in [1.165, 1.54) is 5.56 Å². The van der Waals surface area contributed by atoms with Crippen molar-refractivity contribution in [3.8, 4) is 5.75 Å². The minimum Gasteiger partial charge on any atom is -0.488 e. The molecule has 0 radical (unpaired) electrons. The number of benzene rings is 3. The van der Waals surface area contributed by atoms with Crippen LogP contribution < -0.4 is 10.1 Å². The molecule has 3 aromatic rings. The molecule has 0 heterocycles. The first-order chi connectivity index (χ1) is 13.1. The molecule has 0 saturated carbocycles. The molecular formula is C22H20BrCl2NO. The van der Waals surface area contributed by atoms with Crippen LogP contribution in [0.5, 0.6) is 5.75 Å². The van der Waals surface area contributed by atoms with Gasteiger partial charge in [-0.25, -0.2) is 0 Å². The molecule has 3 aromatic carbocycles. The monoisotopic (exact) mass is 463 g/mol. The predicted molar refractivity (Wildman–Crippen MR) is 117 cm³/mol. The van der Waals surface area contributed by atoms with Gasteiger partial charge in [0.2, 0.25) is 0 Å². The van der Waals surface area contributed by atoms with Gasteiger partial charge < -0.3 is 10.1 Å². The molecule has 5 heteroatoms. The van der Waals surface area contributed by atoms with E-state index in [4.69, 9.17) is 27.9 Å². The minimum atomic E-state index is 0.331. The average Bonchev–Trinajstić information content (AvgIpc) is 2.67. The number of rotatable bonds is 8. The van der Waals surface area contributed by atoms with Gasteiger partial charge in [-0.15, -0.1) is 0 Å². The lowest BCUT2D eigenvalue weighted by Crippen LogP contribution is -2.17. The largest absolute Gasteiger partial charge is 0.488 e. The summed E-state index contributed by atoms with van der Waals surface area (Å²) in [5.74, 6) is 0.821. The van der Waals surface area contributed by atoms with E-state index < -0.39 is 0 Å². The molecule has 2 nitrogen and oxygen atoms in total. The standard InChI is InChI=1S/C22H20BrCl2NO/c23-18-9-10-22(27-15-19-20(24)7-4-8-21(19)25)17(13-18)14-26-12-11-16-5-2-1-3-6-16/h1-10,13,26H,11-12,14-15H2. The Kier molecular flexibility index (Phi) is 7.59. The maximum Gasteiger partial charge on any atom is 0.124 e. The van der Waals surface area contributed by atoms with Crippen molar-refractivity contribution in [2.24, 2.45) is 0 Å². The quantitative estimate of drug-likeness (QED) is 0.376. The van der Waals surface area contributed by atoms with Crippen molar-refractivity contribution in [1.82, 2.24) is 5.32 Å². The summed E-state index contributed by atoms with van der Waals surface area (Å²) >= 11 is 16.0. The maximum atomic E-state index is 6.24. The molecule has 0 spiro atoms. The molecule has 0 aliphatic rings. The fourth-order valence-corrected chi connectivity index (χ4v) is 3.66. The Bertz CT molecular complexity index is 866. The molecule has 0 aromatic heterocycles. The van der Waals surface area contributed by atoms with Gasteiger partial charge in [0, 0.05) is 32.2 Å². The third-order valence-corrected chi connectivity index (χ3v) is 5.41. The highest BCUT2D eigenvalue weighted by atomic mass is 79.9. The molecule has 0 unspecified atom stereocenters. The normalized spacial score (nSPS) is 10.8. The van der Waals surface area contributed by atoms with Gasteiger partial charge in [-0.3, -0.25) is 0 Å². The van der Waals surface area contributed by atoms with E-state index in [1.807, 2.05) is 36.4 Å². The van der Waals surface area contributed by atoms with Crippen LogP contribution in [-0.4, -0.2) is 6.54 Å². The summed E-state index contributed by atoms with van der Waals surface area (Å²) in [6, 6.07) is 21.9. The lowest BCUT2D eigenvalue weighted by molar-refractivity contribution is 0.302. The van der Waals surface area contributed by atoms with Crippen LogP contribution in [0, 0.1) is 0 Å². The number of hydrogen-bond donors (Lipinski definition) is 1. The van der Waals surface area contributed by atoms with Crippen LogP contribution in [0.3, 0.4) is 0 Å². The Morgan fingerprint density at radius 3 is 2.37 bits per heavy atom. The van der Waals surface area contributed by atoms with E-state index in [-0.39, 0.29) is 0 Å². The first-order valence-electron chi connectivity index (χ1n) is 8.72. The van der Waals surface area contributed by atoms with Gasteiger partial charge in [-0.2, -0.15) is 0 Å². The minimum absolute atomic E-state index is 0.331. The van der Waals surface area contributed by atoms with Crippen LogP contribution >= 0.6 is 39.1 Å². The highest BCUT2D eigenvalue weighted by Crippen LogP contribution is 2.28. The Morgan fingerprint density at radius 1 is 0.889 bits per heavy atom. The van der Waals surface area contributed by atoms with E-state index in [0.29, 0.717) is 16.7 Å². The topological polar surface area (TPSA) is 21.3 Å². The highest BCUT2D eigenvalue weighted by Gasteiger charge is 2.09. The van der Waals surface area contributed by atoms with Crippen molar-refractivity contribution in [2.45, 2.75) is 19.6 Å². The third kappa shape index (κ3) is 5.98. The van der Waals surface area contributed by atoms with E-state index in [2.05, 4.69) is 51.6 Å². The van der Waals surface area contributed by atoms with E-state index in [1.54, 1.807) is 0 Å². The molecule has 0 aliphatic carbocycles. The smallest absolute Gasteiger partial charge is 0.124 e. The summed E-state index contributed by atoms with van der Waals surface area (Å²) in [6.45, 7) is 1.95. The zero-order valence-electron chi connectivity index (χ0n) is 14.7. The zero-order chi connectivity index (χ0) is 19.1. The van der Waals surface area contributed by atoms with Crippen molar-refractivity contribution in [2.75, 3.05) is 6.54 Å². The van der Waals surface area contributed by atoms with Gasteiger partial charge in [-0.1, -0.05) is 75.5 Å². The van der Waals surface area contributed by atoms with Crippen LogP contribution in [0.2, 0.25) is 10.0 Å². The number of nitrogens with one attached hydrogen (secondary N) is 1. The summed E-state index contributed by atoms with van der Waals surface area (Å²) in [6.07, 6.45) is 0.986. The van der Waals surface area contributed by atoms with Gasteiger partial charge >= 0.3 is 0 Å². The van der Waals surface area contributed by atoms with Crippen molar-refractivity contribution in [1.29, 1.82) is 0 Å². The third-order valence-electron chi connectivity index (χ3n) is 4.20. The molecule has 27 heavy (non-hydrogen) atoms. The first-order valence-corrected chi connectivity index (χ1v) is 10.3. The van der Waals surface area contributed by atoms with Crippen LogP contribution in [-0.2, 0) is 19.6 Å². The van der Waals surface area contributed by atoms with Gasteiger partial charge in [0.1, 0.15) is 12.4 Å². The van der Waals surface area contributed by atoms with Gasteiger partial charge in [0.15, 0.2) is 0 Å². The fourth-order valence-electron chi connectivity index (χ4n) is 2.75. The van der Waals surface area contributed by atoms with Gasteiger partial charge in [0.25, 0.3) is 0 Å². The molecule has 0 amide bonds. The lowest BCUT2D eigenvalue weighted by Gasteiger charge is -2.14. The molecule has 0 atom stereocenters. The summed E-state index contributed by atoms with van der Waals surface area (Å²) in [7, 11) is 0. The summed E-state index contributed by atoms with van der Waals surface area (Å²) in [4.78, 5) is 0. The van der Waals surface area contributed by atoms with Crippen molar-refractivity contribution in [3.63, 3.8) is 0 Å². The number of halogens is 3. The molecule has 3 rings (SSSR count). The fraction of sp³-hybridized carbons (Fsp3) is 0.182. The Hall–Kier alpha value is -1.52. The van der Waals surface area contributed by atoms with Gasteiger partial charge in [0.05, 0.1) is 0 Å². The SMILES string of the molecule is Clc1cccc(Cl)c1COc1ccc(Br)cc1CNCCc1ccccc1. The summed E-state index contributed by atoms with van der Waals surface area (Å²) in [5, 5.41) is 4.71. The summed E-state index contributed by atoms with van der Waals surface area (Å²) in [5.41, 5.74) is 3.21. The van der Waals surface area contributed by atoms with E-state index >= 15 is 0 Å². The van der Waals surface area contributed by atoms with E-state index in [0.717, 1.165) is 40.9 Å². The average molecular weight is 465 g/mol. The van der Waals surface area contributed by atoms with E-state index in [9.17, 15) is 0 Å². The molecule has 140 valence electrons. The van der Waals surface area contributed by atoms with Crippen molar-refractivity contribution >= 4 is 39.1 Å².